The van der Waals surface area contributed by atoms with Crippen LogP contribution in [0.1, 0.15) is 30.2 Å². The van der Waals surface area contributed by atoms with Crippen LogP contribution in [0.2, 0.25) is 0 Å². The van der Waals surface area contributed by atoms with Gasteiger partial charge in [0.15, 0.2) is 6.61 Å². The zero-order valence-electron chi connectivity index (χ0n) is 13.7. The van der Waals surface area contributed by atoms with E-state index in [1.165, 1.54) is 4.88 Å². The van der Waals surface area contributed by atoms with Crippen LogP contribution in [0.4, 0.5) is 0 Å². The van der Waals surface area contributed by atoms with Crippen LogP contribution < -0.4 is 15.6 Å². The summed E-state index contributed by atoms with van der Waals surface area (Å²) in [4.78, 5) is 24.7. The third-order valence-electron chi connectivity index (χ3n) is 3.46. The fourth-order valence-electron chi connectivity index (χ4n) is 2.20. The molecule has 0 atom stereocenters. The van der Waals surface area contributed by atoms with Gasteiger partial charge in [-0.25, -0.2) is 0 Å². The van der Waals surface area contributed by atoms with E-state index in [0.29, 0.717) is 12.2 Å². The van der Waals surface area contributed by atoms with Gasteiger partial charge in [-0.3, -0.25) is 20.4 Å². The van der Waals surface area contributed by atoms with Crippen LogP contribution in [0.5, 0.6) is 5.75 Å². The van der Waals surface area contributed by atoms with Crippen LogP contribution in [0.25, 0.3) is 0 Å². The van der Waals surface area contributed by atoms with E-state index < -0.39 is 0 Å². The van der Waals surface area contributed by atoms with Crippen molar-refractivity contribution in [3.63, 3.8) is 0 Å². The lowest BCUT2D eigenvalue weighted by Crippen LogP contribution is -2.43. The molecule has 24 heavy (non-hydrogen) atoms. The molecule has 2 rings (SSSR count). The maximum Gasteiger partial charge on any atom is 0.276 e. The predicted octanol–water partition coefficient (Wildman–Crippen LogP) is 2.86. The minimum absolute atomic E-state index is 0.132. The average Bonchev–Trinajstić information content (AvgIpc) is 3.11. The molecule has 0 saturated carbocycles. The molecule has 0 fully saturated rings. The van der Waals surface area contributed by atoms with Crippen molar-refractivity contribution in [3.8, 4) is 5.75 Å². The van der Waals surface area contributed by atoms with Gasteiger partial charge in [0.05, 0.1) is 0 Å². The summed E-state index contributed by atoms with van der Waals surface area (Å²) in [6.07, 6.45) is 2.83. The molecule has 0 radical (unpaired) electrons. The standard InChI is InChI=1S/C18H22N2O3S/c1-2-14-7-3-4-10-16(14)23-13-18(22)20-19-17(21)11-5-8-15-9-6-12-24-15/h3-4,6-7,9-10,12H,2,5,8,11,13H2,1H3,(H,19,21)(H,20,22). The molecule has 128 valence electrons. The van der Waals surface area contributed by atoms with Crippen molar-refractivity contribution in [2.24, 2.45) is 0 Å². The molecular formula is C18H22N2O3S. The van der Waals surface area contributed by atoms with Crippen molar-refractivity contribution in [1.82, 2.24) is 10.9 Å². The highest BCUT2D eigenvalue weighted by Gasteiger charge is 2.07. The lowest BCUT2D eigenvalue weighted by Gasteiger charge is -2.11. The van der Waals surface area contributed by atoms with E-state index in [2.05, 4.69) is 16.9 Å². The van der Waals surface area contributed by atoms with Crippen LogP contribution in [-0.2, 0) is 22.4 Å². The summed E-state index contributed by atoms with van der Waals surface area (Å²) in [5.41, 5.74) is 5.83. The van der Waals surface area contributed by atoms with Gasteiger partial charge < -0.3 is 4.74 Å². The van der Waals surface area contributed by atoms with E-state index in [0.717, 1.165) is 24.8 Å². The maximum absolute atomic E-state index is 11.7. The van der Waals surface area contributed by atoms with E-state index in [1.807, 2.05) is 42.6 Å². The first kappa shape index (κ1) is 18.0. The number of ether oxygens (including phenoxy) is 1. The summed E-state index contributed by atoms with van der Waals surface area (Å²) >= 11 is 1.68. The van der Waals surface area contributed by atoms with Crippen molar-refractivity contribution < 1.29 is 14.3 Å². The monoisotopic (exact) mass is 346 g/mol. The Labute approximate surface area is 146 Å². The summed E-state index contributed by atoms with van der Waals surface area (Å²) in [7, 11) is 0. The Bertz CT molecular complexity index is 656. The molecule has 0 bridgehead atoms. The lowest BCUT2D eigenvalue weighted by atomic mass is 10.1. The first-order valence-electron chi connectivity index (χ1n) is 7.99. The Balaban J connectivity index is 1.62. The zero-order chi connectivity index (χ0) is 17.2. The maximum atomic E-state index is 11.7. The van der Waals surface area contributed by atoms with Crippen molar-refractivity contribution in [1.29, 1.82) is 0 Å². The van der Waals surface area contributed by atoms with Gasteiger partial charge in [-0.2, -0.15) is 0 Å². The molecule has 0 aliphatic rings. The number of aryl methyl sites for hydroxylation is 2. The fourth-order valence-corrected chi connectivity index (χ4v) is 2.95. The summed E-state index contributed by atoms with van der Waals surface area (Å²) in [6.45, 7) is 1.89. The Hall–Kier alpha value is -2.34. The number of carbonyl (C=O) groups is 2. The number of carbonyl (C=O) groups excluding carboxylic acids is 2. The van der Waals surface area contributed by atoms with Crippen molar-refractivity contribution in [2.75, 3.05) is 6.61 Å². The predicted molar refractivity (Wildman–Crippen MR) is 94.9 cm³/mol. The molecule has 6 heteroatoms. The van der Waals surface area contributed by atoms with Crippen LogP contribution in [0.15, 0.2) is 41.8 Å². The Kier molecular flexibility index (Phi) is 7.29. The summed E-state index contributed by atoms with van der Waals surface area (Å²) < 4.78 is 5.49. The van der Waals surface area contributed by atoms with E-state index in [4.69, 9.17) is 4.74 Å². The van der Waals surface area contributed by atoms with Crippen molar-refractivity contribution >= 4 is 23.2 Å². The first-order valence-corrected chi connectivity index (χ1v) is 8.87. The molecule has 1 aromatic carbocycles. The van der Waals surface area contributed by atoms with E-state index in [-0.39, 0.29) is 18.4 Å². The highest BCUT2D eigenvalue weighted by molar-refractivity contribution is 7.09. The molecule has 5 nitrogen and oxygen atoms in total. The second-order valence-electron chi connectivity index (χ2n) is 5.28. The molecule has 2 amide bonds. The summed E-state index contributed by atoms with van der Waals surface area (Å²) in [5, 5.41) is 2.02. The van der Waals surface area contributed by atoms with Crippen LogP contribution in [0.3, 0.4) is 0 Å². The quantitative estimate of drug-likeness (QED) is 0.722. The fraction of sp³-hybridized carbons (Fsp3) is 0.333. The van der Waals surface area contributed by atoms with Gasteiger partial charge in [0.2, 0.25) is 5.91 Å². The first-order chi connectivity index (χ1) is 11.7. The molecule has 0 aliphatic heterocycles. The second-order valence-corrected chi connectivity index (χ2v) is 6.31. The average molecular weight is 346 g/mol. The topological polar surface area (TPSA) is 67.4 Å². The van der Waals surface area contributed by atoms with Gasteiger partial charge in [0.25, 0.3) is 5.91 Å². The number of benzene rings is 1. The SMILES string of the molecule is CCc1ccccc1OCC(=O)NNC(=O)CCCc1cccs1. The van der Waals surface area contributed by atoms with E-state index in [1.54, 1.807) is 11.3 Å². The highest BCUT2D eigenvalue weighted by Crippen LogP contribution is 2.17. The minimum atomic E-state index is -0.382. The van der Waals surface area contributed by atoms with Gasteiger partial charge in [0.1, 0.15) is 5.75 Å². The van der Waals surface area contributed by atoms with E-state index >= 15 is 0 Å². The molecule has 0 unspecified atom stereocenters. The number of nitrogens with one attached hydrogen (secondary N) is 2. The number of thiophene rings is 1. The van der Waals surface area contributed by atoms with Gasteiger partial charge in [-0.1, -0.05) is 31.2 Å². The molecular weight excluding hydrogens is 324 g/mol. The largest absolute Gasteiger partial charge is 0.483 e. The van der Waals surface area contributed by atoms with Crippen molar-refractivity contribution in [3.05, 3.63) is 52.2 Å². The third kappa shape index (κ3) is 6.04. The molecule has 2 aromatic rings. The molecule has 2 N–H and O–H groups in total. The number of rotatable bonds is 8. The number of hydrazine groups is 1. The Morgan fingerprint density at radius 3 is 2.62 bits per heavy atom. The number of para-hydroxylation sites is 1. The van der Waals surface area contributed by atoms with Gasteiger partial charge in [-0.15, -0.1) is 11.3 Å². The molecule has 1 aromatic heterocycles. The van der Waals surface area contributed by atoms with E-state index in [9.17, 15) is 9.59 Å². The number of amides is 2. The van der Waals surface area contributed by atoms with Crippen LogP contribution in [-0.4, -0.2) is 18.4 Å². The Morgan fingerprint density at radius 1 is 1.08 bits per heavy atom. The molecule has 0 saturated heterocycles. The second kappa shape index (κ2) is 9.72. The number of hydrogen-bond acceptors (Lipinski definition) is 4. The van der Waals surface area contributed by atoms with Crippen LogP contribution >= 0.6 is 11.3 Å². The normalized spacial score (nSPS) is 10.2. The molecule has 1 heterocycles. The highest BCUT2D eigenvalue weighted by atomic mass is 32.1. The molecule has 0 aliphatic carbocycles. The Morgan fingerprint density at radius 2 is 1.88 bits per heavy atom. The summed E-state index contributed by atoms with van der Waals surface area (Å²) in [6, 6.07) is 11.6. The minimum Gasteiger partial charge on any atom is -0.483 e. The van der Waals surface area contributed by atoms with Gasteiger partial charge >= 0.3 is 0 Å². The number of hydrogen-bond donors (Lipinski definition) is 2. The zero-order valence-corrected chi connectivity index (χ0v) is 14.5. The van der Waals surface area contributed by atoms with Crippen LogP contribution in [0, 0.1) is 0 Å². The van der Waals surface area contributed by atoms with Gasteiger partial charge in [-0.05, 0) is 42.3 Å². The van der Waals surface area contributed by atoms with Crippen molar-refractivity contribution in [2.45, 2.75) is 32.6 Å². The summed E-state index contributed by atoms with van der Waals surface area (Å²) in [5.74, 6) is 0.110. The van der Waals surface area contributed by atoms with Gasteiger partial charge in [0, 0.05) is 11.3 Å². The molecule has 0 spiro atoms. The smallest absolute Gasteiger partial charge is 0.276 e. The lowest BCUT2D eigenvalue weighted by molar-refractivity contribution is -0.130. The third-order valence-corrected chi connectivity index (χ3v) is 4.40.